The number of carbonyl (C=O) groups is 1. The second-order valence-corrected chi connectivity index (χ2v) is 4.47. The van der Waals surface area contributed by atoms with Crippen molar-refractivity contribution in [2.45, 2.75) is 20.3 Å². The average molecular weight is 287 g/mol. The van der Waals surface area contributed by atoms with Crippen LogP contribution in [0, 0.1) is 6.92 Å². The van der Waals surface area contributed by atoms with Gasteiger partial charge < -0.3 is 9.15 Å². The van der Waals surface area contributed by atoms with Gasteiger partial charge in [-0.25, -0.2) is 18.6 Å². The topological polar surface area (TPSA) is 52.3 Å². The first-order chi connectivity index (χ1) is 9.04. The maximum absolute atomic E-state index is 12.9. The molecule has 0 fully saturated rings. The molecule has 0 radical (unpaired) electrons. The number of hydrogen-bond acceptors (Lipinski definition) is 5. The molecule has 0 N–H and O–H groups in total. The fourth-order valence-corrected chi connectivity index (χ4v) is 2.34. The molecule has 0 unspecified atom stereocenters. The van der Waals surface area contributed by atoms with Crippen molar-refractivity contribution in [2.24, 2.45) is 0 Å². The van der Waals surface area contributed by atoms with Gasteiger partial charge in [0.15, 0.2) is 5.69 Å². The predicted octanol–water partition coefficient (Wildman–Crippen LogP) is 3.83. The molecule has 4 nitrogen and oxygen atoms in total. The molecule has 2 aromatic rings. The number of hydrogen-bond donors (Lipinski definition) is 0. The first-order valence-electron chi connectivity index (χ1n) is 5.53. The molecular formula is C12H11F2NO3S. The molecule has 0 aliphatic heterocycles. The van der Waals surface area contributed by atoms with Crippen LogP contribution in [0.3, 0.4) is 0 Å². The molecule has 0 spiro atoms. The third-order valence-corrected chi connectivity index (χ3v) is 3.27. The summed E-state index contributed by atoms with van der Waals surface area (Å²) in [5.41, 5.74) is 0.768. The highest BCUT2D eigenvalue weighted by Gasteiger charge is 2.28. The highest BCUT2D eigenvalue weighted by atomic mass is 32.1. The molecule has 7 heteroatoms. The molecule has 2 rings (SSSR count). The maximum atomic E-state index is 12.9. The van der Waals surface area contributed by atoms with Crippen molar-refractivity contribution in [2.75, 3.05) is 6.61 Å². The SMILES string of the molecule is CCOC(=O)c1oc(-c2cscc2C)nc1C(F)F. The van der Waals surface area contributed by atoms with E-state index in [4.69, 9.17) is 4.42 Å². The Hall–Kier alpha value is -1.76. The van der Waals surface area contributed by atoms with Crippen molar-refractivity contribution >= 4 is 17.3 Å². The Morgan fingerprint density at radius 2 is 2.26 bits per heavy atom. The van der Waals surface area contributed by atoms with E-state index < -0.39 is 23.8 Å². The van der Waals surface area contributed by atoms with Crippen LogP contribution < -0.4 is 0 Å². The summed E-state index contributed by atoms with van der Waals surface area (Å²) in [5, 5.41) is 3.57. The van der Waals surface area contributed by atoms with Crippen molar-refractivity contribution in [1.82, 2.24) is 4.98 Å². The van der Waals surface area contributed by atoms with Gasteiger partial charge in [-0.15, -0.1) is 0 Å². The van der Waals surface area contributed by atoms with Crippen LogP contribution in [0.25, 0.3) is 11.5 Å². The van der Waals surface area contributed by atoms with Gasteiger partial charge in [0, 0.05) is 5.38 Å². The van der Waals surface area contributed by atoms with Gasteiger partial charge in [-0.3, -0.25) is 0 Å². The summed E-state index contributed by atoms with van der Waals surface area (Å²) < 4.78 is 35.5. The smallest absolute Gasteiger partial charge is 0.376 e. The van der Waals surface area contributed by atoms with Gasteiger partial charge in [-0.1, -0.05) is 0 Å². The number of ether oxygens (including phenoxy) is 1. The van der Waals surface area contributed by atoms with E-state index in [2.05, 4.69) is 9.72 Å². The Balaban J connectivity index is 2.46. The molecule has 0 atom stereocenters. The molecule has 0 saturated heterocycles. The second kappa shape index (κ2) is 5.48. The lowest BCUT2D eigenvalue weighted by atomic mass is 10.2. The predicted molar refractivity (Wildman–Crippen MR) is 65.5 cm³/mol. The summed E-state index contributed by atoms with van der Waals surface area (Å²) in [6.07, 6.45) is -2.89. The van der Waals surface area contributed by atoms with Gasteiger partial charge >= 0.3 is 5.97 Å². The molecule has 2 aromatic heterocycles. The molecule has 0 aromatic carbocycles. The number of nitrogens with zero attached hydrogens (tertiary/aromatic N) is 1. The molecule has 0 saturated carbocycles. The van der Waals surface area contributed by atoms with Crippen molar-refractivity contribution < 1.29 is 22.7 Å². The summed E-state index contributed by atoms with van der Waals surface area (Å²) >= 11 is 1.40. The molecule has 102 valence electrons. The molecule has 0 amide bonds. The van der Waals surface area contributed by atoms with Crippen molar-refractivity contribution in [3.05, 3.63) is 27.8 Å². The summed E-state index contributed by atoms with van der Waals surface area (Å²) in [7, 11) is 0. The Kier molecular flexibility index (Phi) is 3.94. The molecule has 2 heterocycles. The number of halogens is 2. The summed E-state index contributed by atoms with van der Waals surface area (Å²) in [4.78, 5) is 15.3. The highest BCUT2D eigenvalue weighted by molar-refractivity contribution is 7.08. The molecule has 0 bridgehead atoms. The minimum Gasteiger partial charge on any atom is -0.460 e. The quantitative estimate of drug-likeness (QED) is 0.802. The highest BCUT2D eigenvalue weighted by Crippen LogP contribution is 2.31. The van der Waals surface area contributed by atoms with E-state index in [9.17, 15) is 13.6 Å². The number of esters is 1. The number of aryl methyl sites for hydroxylation is 1. The van der Waals surface area contributed by atoms with Crippen LogP contribution in [0.5, 0.6) is 0 Å². The Labute approximate surface area is 112 Å². The number of carbonyl (C=O) groups excluding carboxylic acids is 1. The number of alkyl halides is 2. The molecular weight excluding hydrogens is 276 g/mol. The first-order valence-corrected chi connectivity index (χ1v) is 6.48. The molecule has 0 aliphatic rings. The third kappa shape index (κ3) is 2.65. The second-order valence-electron chi connectivity index (χ2n) is 3.72. The van der Waals surface area contributed by atoms with Crippen molar-refractivity contribution in [1.29, 1.82) is 0 Å². The Bertz CT molecular complexity index is 592. The lowest BCUT2D eigenvalue weighted by molar-refractivity contribution is 0.0476. The van der Waals surface area contributed by atoms with E-state index in [0.717, 1.165) is 5.56 Å². The molecule has 0 aliphatic carbocycles. The van der Waals surface area contributed by atoms with Gasteiger partial charge in [-0.2, -0.15) is 11.3 Å². The van der Waals surface area contributed by atoms with E-state index in [0.29, 0.717) is 5.56 Å². The lowest BCUT2D eigenvalue weighted by Crippen LogP contribution is -2.06. The standard InChI is InChI=1S/C12H11F2NO3S/c1-3-17-12(16)9-8(10(13)14)15-11(18-9)7-5-19-4-6(7)2/h4-5,10H,3H2,1-2H3. The van der Waals surface area contributed by atoms with Crippen LogP contribution in [-0.4, -0.2) is 17.6 Å². The van der Waals surface area contributed by atoms with Crippen LogP contribution in [0.2, 0.25) is 0 Å². The van der Waals surface area contributed by atoms with Gasteiger partial charge in [0.2, 0.25) is 11.7 Å². The maximum Gasteiger partial charge on any atom is 0.376 e. The van der Waals surface area contributed by atoms with Crippen molar-refractivity contribution in [3.63, 3.8) is 0 Å². The van der Waals surface area contributed by atoms with Gasteiger partial charge in [0.25, 0.3) is 6.43 Å². The zero-order chi connectivity index (χ0) is 14.0. The fraction of sp³-hybridized carbons (Fsp3) is 0.333. The van der Waals surface area contributed by atoms with Crippen molar-refractivity contribution in [3.8, 4) is 11.5 Å². The normalized spacial score (nSPS) is 11.0. The average Bonchev–Trinajstić information content (AvgIpc) is 2.94. The number of oxazole rings is 1. The van der Waals surface area contributed by atoms with Crippen LogP contribution >= 0.6 is 11.3 Å². The molecule has 19 heavy (non-hydrogen) atoms. The van der Waals surface area contributed by atoms with Gasteiger partial charge in [-0.05, 0) is 24.8 Å². The Morgan fingerprint density at radius 3 is 2.79 bits per heavy atom. The monoisotopic (exact) mass is 287 g/mol. The summed E-state index contributed by atoms with van der Waals surface area (Å²) in [6, 6.07) is 0. The van der Waals surface area contributed by atoms with Crippen LogP contribution in [0.1, 0.15) is 35.2 Å². The number of thiophene rings is 1. The van der Waals surface area contributed by atoms with Crippen LogP contribution in [-0.2, 0) is 4.74 Å². The Morgan fingerprint density at radius 1 is 1.53 bits per heavy atom. The van der Waals surface area contributed by atoms with E-state index in [1.807, 2.05) is 12.3 Å². The van der Waals surface area contributed by atoms with E-state index in [-0.39, 0.29) is 12.5 Å². The largest absolute Gasteiger partial charge is 0.460 e. The van der Waals surface area contributed by atoms with Gasteiger partial charge in [0.1, 0.15) is 0 Å². The third-order valence-electron chi connectivity index (χ3n) is 2.41. The van der Waals surface area contributed by atoms with Crippen LogP contribution in [0.15, 0.2) is 15.2 Å². The zero-order valence-corrected chi connectivity index (χ0v) is 11.1. The fourth-order valence-electron chi connectivity index (χ4n) is 1.52. The first kappa shape index (κ1) is 13.7. The summed E-state index contributed by atoms with van der Waals surface area (Å²) in [5.74, 6) is -1.45. The minimum absolute atomic E-state index is 0.0112. The van der Waals surface area contributed by atoms with E-state index >= 15 is 0 Å². The lowest BCUT2D eigenvalue weighted by Gasteiger charge is -1.99. The minimum atomic E-state index is -2.89. The summed E-state index contributed by atoms with van der Waals surface area (Å²) in [6.45, 7) is 3.47. The number of rotatable bonds is 4. The van der Waals surface area contributed by atoms with E-state index in [1.165, 1.54) is 11.3 Å². The number of aromatic nitrogens is 1. The van der Waals surface area contributed by atoms with E-state index in [1.54, 1.807) is 12.3 Å². The van der Waals surface area contributed by atoms with Crippen LogP contribution in [0.4, 0.5) is 8.78 Å². The van der Waals surface area contributed by atoms with Gasteiger partial charge in [0.05, 0.1) is 12.2 Å². The zero-order valence-electron chi connectivity index (χ0n) is 10.3.